The molecular formula is C20H22N2O2S2. The second kappa shape index (κ2) is 7.70. The molecule has 0 radical (unpaired) electrons. The molecule has 1 unspecified atom stereocenters. The highest BCUT2D eigenvalue weighted by atomic mass is 32.2. The first-order chi connectivity index (χ1) is 12.4. The first-order valence-electron chi connectivity index (χ1n) is 8.51. The lowest BCUT2D eigenvalue weighted by Gasteiger charge is -2.17. The minimum absolute atomic E-state index is 0.257. The molecule has 1 heterocycles. The third kappa shape index (κ3) is 4.03. The van der Waals surface area contributed by atoms with Gasteiger partial charge in [0.1, 0.15) is 5.01 Å². The lowest BCUT2D eigenvalue weighted by Crippen LogP contribution is -2.29. The summed E-state index contributed by atoms with van der Waals surface area (Å²) in [7, 11) is -3.67. The Balaban J connectivity index is 2.02. The Labute approximate surface area is 159 Å². The van der Waals surface area contributed by atoms with Gasteiger partial charge in [0, 0.05) is 4.88 Å². The first-order valence-corrected chi connectivity index (χ1v) is 10.8. The maximum atomic E-state index is 12.9. The van der Waals surface area contributed by atoms with Crippen LogP contribution < -0.4 is 4.72 Å². The van der Waals surface area contributed by atoms with E-state index in [9.17, 15) is 8.42 Å². The molecule has 0 bridgehead atoms. The molecule has 0 amide bonds. The number of sulfonamides is 1. The molecule has 0 aliphatic carbocycles. The summed E-state index contributed by atoms with van der Waals surface area (Å²) in [5, 5.41) is 0.765. The molecule has 0 spiro atoms. The average molecular weight is 387 g/mol. The van der Waals surface area contributed by atoms with Gasteiger partial charge in [0.05, 0.1) is 16.6 Å². The van der Waals surface area contributed by atoms with Gasteiger partial charge in [-0.1, -0.05) is 55.0 Å². The van der Waals surface area contributed by atoms with E-state index in [1.165, 1.54) is 0 Å². The molecule has 3 aromatic rings. The van der Waals surface area contributed by atoms with Crippen LogP contribution in [0.5, 0.6) is 0 Å². The highest BCUT2D eigenvalue weighted by molar-refractivity contribution is 7.89. The lowest BCUT2D eigenvalue weighted by atomic mass is 10.1. The molecule has 0 saturated carbocycles. The molecule has 136 valence electrons. The highest BCUT2D eigenvalue weighted by Gasteiger charge is 2.26. The van der Waals surface area contributed by atoms with Gasteiger partial charge >= 0.3 is 0 Å². The van der Waals surface area contributed by atoms with Crippen molar-refractivity contribution in [3.63, 3.8) is 0 Å². The van der Waals surface area contributed by atoms with E-state index in [4.69, 9.17) is 0 Å². The third-order valence-electron chi connectivity index (χ3n) is 4.23. The van der Waals surface area contributed by atoms with Crippen LogP contribution in [0, 0.1) is 13.8 Å². The summed E-state index contributed by atoms with van der Waals surface area (Å²) in [6, 6.07) is 15.9. The SMILES string of the molecule is CCc1nc(C(NS(=O)(=O)c2ccc(C)cc2)c2ccccc2)sc1C. The van der Waals surface area contributed by atoms with E-state index in [1.807, 2.05) is 44.2 Å². The number of rotatable bonds is 6. The Kier molecular flexibility index (Phi) is 5.55. The maximum Gasteiger partial charge on any atom is 0.241 e. The van der Waals surface area contributed by atoms with Gasteiger partial charge in [-0.2, -0.15) is 4.72 Å². The summed E-state index contributed by atoms with van der Waals surface area (Å²) >= 11 is 1.54. The normalized spacial score (nSPS) is 12.9. The van der Waals surface area contributed by atoms with Crippen LogP contribution in [-0.2, 0) is 16.4 Å². The number of benzene rings is 2. The fraction of sp³-hybridized carbons (Fsp3) is 0.250. The van der Waals surface area contributed by atoms with E-state index in [2.05, 4.69) is 16.6 Å². The fourth-order valence-corrected chi connectivity index (χ4v) is 5.10. The Bertz CT molecular complexity index is 978. The second-order valence-electron chi connectivity index (χ2n) is 6.19. The molecule has 2 aromatic carbocycles. The highest BCUT2D eigenvalue weighted by Crippen LogP contribution is 2.30. The van der Waals surface area contributed by atoms with Crippen molar-refractivity contribution in [1.82, 2.24) is 9.71 Å². The van der Waals surface area contributed by atoms with Gasteiger partial charge in [-0.15, -0.1) is 11.3 Å². The molecule has 1 aromatic heterocycles. The third-order valence-corrected chi connectivity index (χ3v) is 6.74. The number of nitrogens with one attached hydrogen (secondary N) is 1. The molecule has 0 aliphatic heterocycles. The van der Waals surface area contributed by atoms with Crippen molar-refractivity contribution < 1.29 is 8.42 Å². The topological polar surface area (TPSA) is 59.1 Å². The zero-order valence-corrected chi connectivity index (χ0v) is 16.7. The monoisotopic (exact) mass is 386 g/mol. The van der Waals surface area contributed by atoms with E-state index >= 15 is 0 Å². The van der Waals surface area contributed by atoms with Crippen LogP contribution in [-0.4, -0.2) is 13.4 Å². The minimum atomic E-state index is -3.67. The Morgan fingerprint density at radius 1 is 1.04 bits per heavy atom. The molecule has 26 heavy (non-hydrogen) atoms. The van der Waals surface area contributed by atoms with Crippen molar-refractivity contribution in [2.24, 2.45) is 0 Å². The van der Waals surface area contributed by atoms with Crippen molar-refractivity contribution in [1.29, 1.82) is 0 Å². The van der Waals surface area contributed by atoms with Crippen molar-refractivity contribution >= 4 is 21.4 Å². The Hall–Kier alpha value is -2.02. The number of aromatic nitrogens is 1. The molecule has 0 fully saturated rings. The Morgan fingerprint density at radius 3 is 2.27 bits per heavy atom. The van der Waals surface area contributed by atoms with Crippen LogP contribution in [0.4, 0.5) is 0 Å². The van der Waals surface area contributed by atoms with Gasteiger partial charge in [-0.05, 0) is 38.0 Å². The van der Waals surface area contributed by atoms with Crippen LogP contribution in [0.15, 0.2) is 59.5 Å². The van der Waals surface area contributed by atoms with Gasteiger partial charge < -0.3 is 0 Å². The standard InChI is InChI=1S/C20H22N2O2S2/c1-4-18-15(3)25-20(21-18)19(16-8-6-5-7-9-16)22-26(23,24)17-12-10-14(2)11-13-17/h5-13,19,22H,4H2,1-3H3. The van der Waals surface area contributed by atoms with Crippen molar-refractivity contribution in [3.05, 3.63) is 81.3 Å². The Morgan fingerprint density at radius 2 is 1.69 bits per heavy atom. The molecule has 3 rings (SSSR count). The van der Waals surface area contributed by atoms with Crippen LogP contribution in [0.3, 0.4) is 0 Å². The molecule has 1 atom stereocenters. The first kappa shape index (κ1) is 18.8. The zero-order chi connectivity index (χ0) is 18.7. The number of aryl methyl sites for hydroxylation is 3. The van der Waals surface area contributed by atoms with Crippen LogP contribution in [0.25, 0.3) is 0 Å². The van der Waals surface area contributed by atoms with Crippen molar-refractivity contribution in [2.45, 2.75) is 38.1 Å². The molecule has 1 N–H and O–H groups in total. The maximum absolute atomic E-state index is 12.9. The van der Waals surface area contributed by atoms with E-state index in [0.717, 1.165) is 33.1 Å². The van der Waals surface area contributed by atoms with Crippen molar-refractivity contribution in [2.75, 3.05) is 0 Å². The smallest absolute Gasteiger partial charge is 0.241 e. The average Bonchev–Trinajstić information content (AvgIpc) is 3.01. The van der Waals surface area contributed by atoms with Gasteiger partial charge in [-0.3, -0.25) is 0 Å². The van der Waals surface area contributed by atoms with E-state index < -0.39 is 16.1 Å². The van der Waals surface area contributed by atoms with Gasteiger partial charge in [0.15, 0.2) is 0 Å². The quantitative estimate of drug-likeness (QED) is 0.683. The summed E-state index contributed by atoms with van der Waals surface area (Å²) in [5.41, 5.74) is 2.91. The van der Waals surface area contributed by atoms with Crippen LogP contribution >= 0.6 is 11.3 Å². The zero-order valence-electron chi connectivity index (χ0n) is 15.1. The van der Waals surface area contributed by atoms with Crippen molar-refractivity contribution in [3.8, 4) is 0 Å². The largest absolute Gasteiger partial charge is 0.244 e. The summed E-state index contributed by atoms with van der Waals surface area (Å²) in [4.78, 5) is 6.07. The van der Waals surface area contributed by atoms with Gasteiger partial charge in [0.25, 0.3) is 0 Å². The summed E-state index contributed by atoms with van der Waals surface area (Å²) < 4.78 is 28.7. The number of hydrogen-bond acceptors (Lipinski definition) is 4. The molecule has 0 saturated heterocycles. The van der Waals surface area contributed by atoms with Crippen LogP contribution in [0.2, 0.25) is 0 Å². The van der Waals surface area contributed by atoms with E-state index in [0.29, 0.717) is 0 Å². The predicted molar refractivity (Wildman–Crippen MR) is 106 cm³/mol. The number of hydrogen-bond donors (Lipinski definition) is 1. The summed E-state index contributed by atoms with van der Waals surface area (Å²) in [6.45, 7) is 6.01. The number of thiazole rings is 1. The lowest BCUT2D eigenvalue weighted by molar-refractivity contribution is 0.571. The van der Waals surface area contributed by atoms with Gasteiger partial charge in [-0.25, -0.2) is 13.4 Å². The molecule has 6 heteroatoms. The summed E-state index contributed by atoms with van der Waals surface area (Å²) in [5.74, 6) is 0. The van der Waals surface area contributed by atoms with E-state index in [-0.39, 0.29) is 4.90 Å². The second-order valence-corrected chi connectivity index (χ2v) is 9.14. The van der Waals surface area contributed by atoms with Gasteiger partial charge in [0.2, 0.25) is 10.0 Å². The minimum Gasteiger partial charge on any atom is -0.244 e. The summed E-state index contributed by atoms with van der Waals surface area (Å²) in [6.07, 6.45) is 0.828. The van der Waals surface area contributed by atoms with Crippen LogP contribution in [0.1, 0.15) is 39.7 Å². The fourth-order valence-electron chi connectivity index (χ4n) is 2.75. The predicted octanol–water partition coefficient (Wildman–Crippen LogP) is 4.39. The molecule has 4 nitrogen and oxygen atoms in total. The molecule has 0 aliphatic rings. The van der Waals surface area contributed by atoms with E-state index in [1.54, 1.807) is 35.6 Å². The number of nitrogens with zero attached hydrogens (tertiary/aromatic N) is 1. The molecular weight excluding hydrogens is 364 g/mol.